The molecule has 0 unspecified atom stereocenters. The number of nitrogens with zero attached hydrogens (tertiary/aromatic N) is 3. The van der Waals surface area contributed by atoms with Crippen molar-refractivity contribution in [2.75, 3.05) is 33.4 Å². The van der Waals surface area contributed by atoms with Crippen LogP contribution in [0.25, 0.3) is 10.9 Å². The predicted octanol–water partition coefficient (Wildman–Crippen LogP) is 3.74. The summed E-state index contributed by atoms with van der Waals surface area (Å²) in [6.45, 7) is 11.3. The zero-order valence-electron chi connectivity index (χ0n) is 16.3. The van der Waals surface area contributed by atoms with Gasteiger partial charge in [0.15, 0.2) is 0 Å². The van der Waals surface area contributed by atoms with E-state index in [1.54, 1.807) is 11.8 Å². The third-order valence-electron chi connectivity index (χ3n) is 4.90. The smallest absolute Gasteiger partial charge is 0.140 e. The molecule has 1 aromatic heterocycles. The quantitative estimate of drug-likeness (QED) is 0.491. The number of methoxy groups -OCH3 is 1. The van der Waals surface area contributed by atoms with E-state index in [4.69, 9.17) is 14.6 Å². The van der Waals surface area contributed by atoms with E-state index < -0.39 is 8.07 Å². The molecule has 0 saturated carbocycles. The molecule has 0 radical (unpaired) electrons. The van der Waals surface area contributed by atoms with Gasteiger partial charge in [0.2, 0.25) is 0 Å². The van der Waals surface area contributed by atoms with Gasteiger partial charge in [-0.15, -0.1) is 0 Å². The lowest BCUT2D eigenvalue weighted by molar-refractivity contribution is 0.0812. The Morgan fingerprint density at radius 2 is 2.00 bits per heavy atom. The first-order valence-electron chi connectivity index (χ1n) is 9.40. The van der Waals surface area contributed by atoms with Crippen LogP contribution >= 0.6 is 0 Å². The Morgan fingerprint density at radius 1 is 1.23 bits per heavy atom. The lowest BCUT2D eigenvalue weighted by Crippen LogP contribution is -2.38. The molecule has 3 rings (SSSR count). The Morgan fingerprint density at radius 3 is 2.62 bits per heavy atom. The zero-order chi connectivity index (χ0) is 18.7. The average molecular weight is 380 g/mol. The largest absolute Gasteiger partial charge is 0.496 e. The number of halogens is 1. The first-order chi connectivity index (χ1) is 12.4. The molecule has 1 aliphatic heterocycles. The molecule has 144 valence electrons. The van der Waals surface area contributed by atoms with Crippen LogP contribution in [0.3, 0.4) is 0 Å². The van der Waals surface area contributed by atoms with Gasteiger partial charge in [-0.2, -0.15) is 5.10 Å². The van der Waals surface area contributed by atoms with Crippen LogP contribution in [0.5, 0.6) is 5.75 Å². The summed E-state index contributed by atoms with van der Waals surface area (Å²) < 4.78 is 27.1. The van der Waals surface area contributed by atoms with Crippen LogP contribution in [0.2, 0.25) is 25.7 Å². The molecule has 0 amide bonds. The first-order valence-corrected chi connectivity index (χ1v) is 13.1. The maximum absolute atomic E-state index is 14.0. The van der Waals surface area contributed by atoms with Crippen molar-refractivity contribution in [1.29, 1.82) is 0 Å². The molecule has 0 N–H and O–H groups in total. The van der Waals surface area contributed by atoms with E-state index >= 15 is 0 Å². The standard InChI is InChI=1S/C19H30FN3O2Si/c1-24-18-13-15(20)12-17-19(18)16(6-9-22-7-5-8-22)21-23(17)14-25-10-11-26(2,3)4/h12-13H,5-11,14H2,1-4H3. The third kappa shape index (κ3) is 4.63. The Hall–Kier alpha value is -1.44. The molecule has 2 heterocycles. The van der Waals surface area contributed by atoms with E-state index in [0.29, 0.717) is 19.1 Å². The minimum atomic E-state index is -1.13. The van der Waals surface area contributed by atoms with Crippen molar-refractivity contribution in [3.05, 3.63) is 23.6 Å². The number of aromatic nitrogens is 2. The molecule has 5 nitrogen and oxygen atoms in total. The number of benzene rings is 1. The van der Waals surface area contributed by atoms with Crippen LogP contribution in [0.1, 0.15) is 12.1 Å². The maximum atomic E-state index is 14.0. The first kappa shape index (κ1) is 19.3. The fourth-order valence-electron chi connectivity index (χ4n) is 3.14. The minimum absolute atomic E-state index is 0.313. The van der Waals surface area contributed by atoms with Gasteiger partial charge in [-0.05, 0) is 25.6 Å². The summed E-state index contributed by atoms with van der Waals surface area (Å²) >= 11 is 0. The second kappa shape index (κ2) is 8.06. The van der Waals surface area contributed by atoms with Crippen LogP contribution in [0, 0.1) is 5.82 Å². The number of hydrogen-bond acceptors (Lipinski definition) is 4. The topological polar surface area (TPSA) is 39.5 Å². The van der Waals surface area contributed by atoms with Crippen LogP contribution in [-0.2, 0) is 17.9 Å². The van der Waals surface area contributed by atoms with Gasteiger partial charge >= 0.3 is 0 Å². The number of fused-ring (bicyclic) bond motifs is 1. The molecule has 1 aliphatic rings. The lowest BCUT2D eigenvalue weighted by atomic mass is 10.1. The number of likely N-dealkylation sites (tertiary alicyclic amines) is 1. The van der Waals surface area contributed by atoms with Crippen molar-refractivity contribution in [2.24, 2.45) is 0 Å². The van der Waals surface area contributed by atoms with Crippen molar-refractivity contribution in [1.82, 2.24) is 14.7 Å². The van der Waals surface area contributed by atoms with Crippen molar-refractivity contribution in [3.8, 4) is 5.75 Å². The zero-order valence-corrected chi connectivity index (χ0v) is 17.3. The average Bonchev–Trinajstić information content (AvgIpc) is 2.86. The summed E-state index contributed by atoms with van der Waals surface area (Å²) in [5, 5.41) is 5.64. The van der Waals surface area contributed by atoms with Crippen LogP contribution in [-0.4, -0.2) is 56.1 Å². The maximum Gasteiger partial charge on any atom is 0.140 e. The van der Waals surface area contributed by atoms with E-state index in [2.05, 4.69) is 24.5 Å². The van der Waals surface area contributed by atoms with Gasteiger partial charge in [0.25, 0.3) is 0 Å². The summed E-state index contributed by atoms with van der Waals surface area (Å²) in [7, 11) is 0.448. The normalized spacial score (nSPS) is 15.4. The fourth-order valence-corrected chi connectivity index (χ4v) is 3.90. The van der Waals surface area contributed by atoms with Gasteiger partial charge in [0.1, 0.15) is 18.3 Å². The number of hydrogen-bond donors (Lipinski definition) is 0. The molecular formula is C19H30FN3O2Si. The predicted molar refractivity (Wildman–Crippen MR) is 105 cm³/mol. The van der Waals surface area contributed by atoms with Crippen molar-refractivity contribution in [2.45, 2.75) is 45.3 Å². The molecule has 2 aromatic rings. The molecule has 0 spiro atoms. The summed E-state index contributed by atoms with van der Waals surface area (Å²) in [6.07, 6.45) is 2.11. The molecule has 0 aliphatic carbocycles. The number of ether oxygens (including phenoxy) is 2. The highest BCUT2D eigenvalue weighted by Crippen LogP contribution is 2.31. The van der Waals surface area contributed by atoms with Gasteiger partial charge in [0, 0.05) is 39.8 Å². The van der Waals surface area contributed by atoms with E-state index in [1.165, 1.54) is 18.6 Å². The van der Waals surface area contributed by atoms with Gasteiger partial charge in [-0.25, -0.2) is 9.07 Å². The van der Waals surface area contributed by atoms with Gasteiger partial charge in [-0.1, -0.05) is 19.6 Å². The van der Waals surface area contributed by atoms with Gasteiger partial charge in [0.05, 0.1) is 23.7 Å². The summed E-state index contributed by atoms with van der Waals surface area (Å²) in [5.74, 6) is 0.235. The molecule has 0 atom stereocenters. The van der Waals surface area contributed by atoms with Gasteiger partial charge < -0.3 is 14.4 Å². The van der Waals surface area contributed by atoms with Crippen LogP contribution < -0.4 is 4.74 Å². The van der Waals surface area contributed by atoms with E-state index in [1.807, 2.05) is 0 Å². The minimum Gasteiger partial charge on any atom is -0.496 e. The molecule has 7 heteroatoms. The highest BCUT2D eigenvalue weighted by atomic mass is 28.3. The monoisotopic (exact) mass is 379 g/mol. The highest BCUT2D eigenvalue weighted by molar-refractivity contribution is 6.76. The fraction of sp³-hybridized carbons (Fsp3) is 0.632. The van der Waals surface area contributed by atoms with E-state index in [0.717, 1.165) is 48.7 Å². The highest BCUT2D eigenvalue weighted by Gasteiger charge is 2.20. The summed E-state index contributed by atoms with van der Waals surface area (Å²) in [6, 6.07) is 4.07. The van der Waals surface area contributed by atoms with E-state index in [9.17, 15) is 4.39 Å². The van der Waals surface area contributed by atoms with Crippen LogP contribution in [0.15, 0.2) is 12.1 Å². The molecule has 1 fully saturated rings. The van der Waals surface area contributed by atoms with Crippen LogP contribution in [0.4, 0.5) is 4.39 Å². The van der Waals surface area contributed by atoms with Gasteiger partial charge in [-0.3, -0.25) is 0 Å². The lowest BCUT2D eigenvalue weighted by Gasteiger charge is -2.30. The Balaban J connectivity index is 1.80. The summed E-state index contributed by atoms with van der Waals surface area (Å²) in [4.78, 5) is 2.41. The van der Waals surface area contributed by atoms with Crippen molar-refractivity contribution >= 4 is 19.0 Å². The second-order valence-corrected chi connectivity index (χ2v) is 13.9. The SMILES string of the molecule is COc1cc(F)cc2c1c(CCN1CCC1)nn2COCC[Si](C)(C)C. The van der Waals surface area contributed by atoms with Crippen molar-refractivity contribution in [3.63, 3.8) is 0 Å². The van der Waals surface area contributed by atoms with Crippen molar-refractivity contribution < 1.29 is 13.9 Å². The Kier molecular flexibility index (Phi) is 5.99. The molecule has 26 heavy (non-hydrogen) atoms. The van der Waals surface area contributed by atoms with E-state index in [-0.39, 0.29) is 5.82 Å². The number of rotatable bonds is 9. The Bertz CT molecular complexity index is 753. The second-order valence-electron chi connectivity index (χ2n) is 8.24. The Labute approximate surface area is 156 Å². The summed E-state index contributed by atoms with van der Waals surface area (Å²) in [5.41, 5.74) is 1.70. The molecule has 0 bridgehead atoms. The molecular weight excluding hydrogens is 349 g/mol. The molecule has 1 aromatic carbocycles. The third-order valence-corrected chi connectivity index (χ3v) is 6.60. The molecule has 1 saturated heterocycles.